The summed E-state index contributed by atoms with van der Waals surface area (Å²) >= 11 is 0. The van der Waals surface area contributed by atoms with E-state index in [0.29, 0.717) is 25.0 Å². The van der Waals surface area contributed by atoms with Crippen molar-refractivity contribution in [3.63, 3.8) is 0 Å². The Kier molecular flexibility index (Phi) is 3.92. The first kappa shape index (κ1) is 13.4. The molecule has 3 rings (SSSR count). The van der Waals surface area contributed by atoms with Gasteiger partial charge in [0.15, 0.2) is 0 Å². The van der Waals surface area contributed by atoms with Crippen LogP contribution in [0.1, 0.15) is 18.4 Å². The number of carbonyl (C=O) groups excluding carboxylic acids is 1. The van der Waals surface area contributed by atoms with Crippen LogP contribution in [0, 0.1) is 12.8 Å². The molecule has 1 N–H and O–H groups in total. The lowest BCUT2D eigenvalue weighted by molar-refractivity contribution is -0.130. The molecule has 0 radical (unpaired) electrons. The Morgan fingerprint density at radius 1 is 1.45 bits per heavy atom. The minimum Gasteiger partial charge on any atom is -0.493 e. The van der Waals surface area contributed by atoms with Crippen LogP contribution in [-0.4, -0.2) is 43.1 Å². The quantitative estimate of drug-likeness (QED) is 0.906. The van der Waals surface area contributed by atoms with E-state index in [1.165, 1.54) is 12.0 Å². The average molecular weight is 274 g/mol. The second-order valence-electron chi connectivity index (χ2n) is 5.82. The van der Waals surface area contributed by atoms with Crippen LogP contribution in [0.25, 0.3) is 0 Å². The molecule has 0 bridgehead atoms. The van der Waals surface area contributed by atoms with Crippen LogP contribution in [0.2, 0.25) is 0 Å². The molecule has 0 aliphatic carbocycles. The molecule has 0 spiro atoms. The number of carbonyl (C=O) groups is 1. The van der Waals surface area contributed by atoms with Gasteiger partial charge in [-0.25, -0.2) is 0 Å². The summed E-state index contributed by atoms with van der Waals surface area (Å²) in [5.74, 6) is 1.73. The van der Waals surface area contributed by atoms with Gasteiger partial charge in [0.1, 0.15) is 5.75 Å². The van der Waals surface area contributed by atoms with Crippen LogP contribution in [0.15, 0.2) is 24.3 Å². The highest BCUT2D eigenvalue weighted by Crippen LogP contribution is 2.25. The number of fused-ring (bicyclic) bond motifs is 1. The van der Waals surface area contributed by atoms with E-state index in [1.807, 2.05) is 36.1 Å². The average Bonchev–Trinajstić information content (AvgIpc) is 2.99. The Morgan fingerprint density at radius 2 is 2.35 bits per heavy atom. The lowest BCUT2D eigenvalue weighted by Gasteiger charge is -2.17. The number of rotatable bonds is 4. The van der Waals surface area contributed by atoms with Crippen molar-refractivity contribution in [3.8, 4) is 5.75 Å². The molecule has 108 valence electrons. The number of aryl methyl sites for hydroxylation is 1. The SMILES string of the molecule is Cc1cccc(OCCC(=O)N2C[C@@H]3CCN[C@@H]3C2)c1. The molecule has 1 aromatic carbocycles. The lowest BCUT2D eigenvalue weighted by atomic mass is 10.1. The predicted octanol–water partition coefficient (Wildman–Crippen LogP) is 1.58. The van der Waals surface area contributed by atoms with Crippen LogP contribution < -0.4 is 10.1 Å². The summed E-state index contributed by atoms with van der Waals surface area (Å²) in [6.45, 7) is 5.39. The molecule has 1 aromatic rings. The number of hydrogen-bond acceptors (Lipinski definition) is 3. The zero-order valence-corrected chi connectivity index (χ0v) is 12.0. The van der Waals surface area contributed by atoms with Gasteiger partial charge in [0.05, 0.1) is 13.0 Å². The third kappa shape index (κ3) is 2.96. The number of likely N-dealkylation sites (tertiary alicyclic amines) is 1. The maximum absolute atomic E-state index is 12.2. The smallest absolute Gasteiger partial charge is 0.226 e. The number of hydrogen-bond donors (Lipinski definition) is 1. The number of ether oxygens (including phenoxy) is 1. The maximum Gasteiger partial charge on any atom is 0.226 e. The van der Waals surface area contributed by atoms with Crippen molar-refractivity contribution >= 4 is 5.91 Å². The molecular weight excluding hydrogens is 252 g/mol. The maximum atomic E-state index is 12.2. The normalized spacial score (nSPS) is 24.8. The first-order chi connectivity index (χ1) is 9.72. The third-order valence-electron chi connectivity index (χ3n) is 4.29. The molecule has 1 amide bonds. The highest BCUT2D eigenvalue weighted by Gasteiger charge is 2.37. The van der Waals surface area contributed by atoms with E-state index >= 15 is 0 Å². The standard InChI is InChI=1S/C16H22N2O2/c1-12-3-2-4-14(9-12)20-8-6-16(19)18-10-13-5-7-17-15(13)11-18/h2-4,9,13,15,17H,5-8,10-11H2,1H3/t13-,15+/m0/s1. The van der Waals surface area contributed by atoms with Crippen molar-refractivity contribution in [2.24, 2.45) is 5.92 Å². The van der Waals surface area contributed by atoms with E-state index in [4.69, 9.17) is 4.74 Å². The summed E-state index contributed by atoms with van der Waals surface area (Å²) < 4.78 is 5.65. The molecule has 4 nitrogen and oxygen atoms in total. The van der Waals surface area contributed by atoms with Gasteiger partial charge in [0, 0.05) is 19.1 Å². The van der Waals surface area contributed by atoms with Gasteiger partial charge in [-0.2, -0.15) is 0 Å². The summed E-state index contributed by atoms with van der Waals surface area (Å²) in [6.07, 6.45) is 1.67. The highest BCUT2D eigenvalue weighted by atomic mass is 16.5. The molecule has 2 aliphatic rings. The molecular formula is C16H22N2O2. The molecule has 2 fully saturated rings. The fourth-order valence-electron chi connectivity index (χ4n) is 3.17. The molecule has 2 aliphatic heterocycles. The number of amides is 1. The number of nitrogens with zero attached hydrogens (tertiary/aromatic N) is 1. The van der Waals surface area contributed by atoms with Crippen LogP contribution in [0.5, 0.6) is 5.75 Å². The van der Waals surface area contributed by atoms with Crippen molar-refractivity contribution in [2.45, 2.75) is 25.8 Å². The minimum atomic E-state index is 0.217. The summed E-state index contributed by atoms with van der Waals surface area (Å²) in [7, 11) is 0. The molecule has 0 saturated carbocycles. The monoisotopic (exact) mass is 274 g/mol. The van der Waals surface area contributed by atoms with E-state index in [-0.39, 0.29) is 5.91 Å². The Labute approximate surface area is 120 Å². The fourth-order valence-corrected chi connectivity index (χ4v) is 3.17. The zero-order valence-electron chi connectivity index (χ0n) is 12.0. The lowest BCUT2D eigenvalue weighted by Crippen LogP contribution is -2.34. The van der Waals surface area contributed by atoms with Gasteiger partial charge in [0.25, 0.3) is 0 Å². The molecule has 2 atom stereocenters. The Bertz CT molecular complexity index is 477. The van der Waals surface area contributed by atoms with Crippen molar-refractivity contribution in [2.75, 3.05) is 26.2 Å². The van der Waals surface area contributed by atoms with Gasteiger partial charge in [-0.15, -0.1) is 0 Å². The van der Waals surface area contributed by atoms with Crippen LogP contribution in [0.4, 0.5) is 0 Å². The largest absolute Gasteiger partial charge is 0.493 e. The van der Waals surface area contributed by atoms with E-state index in [2.05, 4.69) is 5.32 Å². The Hall–Kier alpha value is -1.55. The van der Waals surface area contributed by atoms with E-state index in [1.54, 1.807) is 0 Å². The van der Waals surface area contributed by atoms with E-state index in [0.717, 1.165) is 25.4 Å². The van der Waals surface area contributed by atoms with Gasteiger partial charge in [-0.05, 0) is 43.5 Å². The number of benzene rings is 1. The fraction of sp³-hybridized carbons (Fsp3) is 0.562. The summed E-state index contributed by atoms with van der Waals surface area (Å²) in [5, 5.41) is 3.47. The van der Waals surface area contributed by atoms with Crippen LogP contribution >= 0.6 is 0 Å². The molecule has 20 heavy (non-hydrogen) atoms. The molecule has 0 aromatic heterocycles. The van der Waals surface area contributed by atoms with Gasteiger partial charge >= 0.3 is 0 Å². The summed E-state index contributed by atoms with van der Waals surface area (Å²) in [4.78, 5) is 14.1. The Balaban J connectivity index is 1.43. The second-order valence-corrected chi connectivity index (χ2v) is 5.82. The van der Waals surface area contributed by atoms with Crippen LogP contribution in [0.3, 0.4) is 0 Å². The molecule has 0 unspecified atom stereocenters. The molecule has 2 saturated heterocycles. The molecule has 4 heteroatoms. The topological polar surface area (TPSA) is 41.6 Å². The summed E-state index contributed by atoms with van der Waals surface area (Å²) in [6, 6.07) is 8.46. The Morgan fingerprint density at radius 3 is 3.15 bits per heavy atom. The van der Waals surface area contributed by atoms with Gasteiger partial charge in [-0.3, -0.25) is 4.79 Å². The van der Waals surface area contributed by atoms with Crippen molar-refractivity contribution in [1.82, 2.24) is 10.2 Å². The van der Waals surface area contributed by atoms with Gasteiger partial charge < -0.3 is 15.0 Å². The highest BCUT2D eigenvalue weighted by molar-refractivity contribution is 5.76. The summed E-state index contributed by atoms with van der Waals surface area (Å²) in [5.41, 5.74) is 1.17. The predicted molar refractivity (Wildman–Crippen MR) is 77.8 cm³/mol. The third-order valence-corrected chi connectivity index (χ3v) is 4.29. The van der Waals surface area contributed by atoms with Gasteiger partial charge in [0.2, 0.25) is 5.91 Å². The van der Waals surface area contributed by atoms with E-state index in [9.17, 15) is 4.79 Å². The van der Waals surface area contributed by atoms with Crippen molar-refractivity contribution < 1.29 is 9.53 Å². The van der Waals surface area contributed by atoms with Crippen LogP contribution in [-0.2, 0) is 4.79 Å². The van der Waals surface area contributed by atoms with Gasteiger partial charge in [-0.1, -0.05) is 12.1 Å². The van der Waals surface area contributed by atoms with Crippen molar-refractivity contribution in [3.05, 3.63) is 29.8 Å². The zero-order chi connectivity index (χ0) is 13.9. The van der Waals surface area contributed by atoms with E-state index < -0.39 is 0 Å². The first-order valence-corrected chi connectivity index (χ1v) is 7.43. The number of nitrogens with one attached hydrogen (secondary N) is 1. The molecule has 2 heterocycles. The second kappa shape index (κ2) is 5.83. The minimum absolute atomic E-state index is 0.217. The van der Waals surface area contributed by atoms with Crippen molar-refractivity contribution in [1.29, 1.82) is 0 Å². The first-order valence-electron chi connectivity index (χ1n) is 7.43.